The van der Waals surface area contributed by atoms with Gasteiger partial charge in [0, 0.05) is 24.3 Å². The fraction of sp³-hybridized carbons (Fsp3) is 0.333. The van der Waals surface area contributed by atoms with Gasteiger partial charge in [-0.3, -0.25) is 0 Å². The fourth-order valence-corrected chi connectivity index (χ4v) is 0.794. The van der Waals surface area contributed by atoms with Crippen molar-refractivity contribution in [2.75, 3.05) is 0 Å². The summed E-state index contributed by atoms with van der Waals surface area (Å²) in [5.74, 6) is -5.14. The first-order valence-electron chi connectivity index (χ1n) is 7.54. The van der Waals surface area contributed by atoms with Crippen LogP contribution in [0.1, 0.15) is 39.5 Å². The molecule has 2 N–H and O–H groups in total. The number of hydrogen-bond acceptors (Lipinski definition) is 5. The third-order valence-corrected chi connectivity index (χ3v) is 1.98. The highest BCUT2D eigenvalue weighted by atomic mass is 16.6. The molecule has 0 saturated carbocycles. The maximum atomic E-state index is 10.6. The SMILES string of the molecule is C=CCC.C=CCCCC.O=C(O)/C=C\C(=O)OC(=O)/C=C\C(=O)O. The summed E-state index contributed by atoms with van der Waals surface area (Å²) < 4.78 is 3.97. The number of carbonyl (C=O) groups is 4. The van der Waals surface area contributed by atoms with Gasteiger partial charge in [-0.25, -0.2) is 19.2 Å². The summed E-state index contributed by atoms with van der Waals surface area (Å²) in [4.78, 5) is 41.1. The summed E-state index contributed by atoms with van der Waals surface area (Å²) >= 11 is 0. The van der Waals surface area contributed by atoms with Crippen molar-refractivity contribution in [3.05, 3.63) is 49.6 Å². The maximum absolute atomic E-state index is 10.6. The molecule has 0 atom stereocenters. The van der Waals surface area contributed by atoms with E-state index < -0.39 is 23.9 Å². The minimum Gasteiger partial charge on any atom is -0.478 e. The lowest BCUT2D eigenvalue weighted by atomic mass is 10.3. The van der Waals surface area contributed by atoms with E-state index in [9.17, 15) is 19.2 Å². The van der Waals surface area contributed by atoms with Crippen LogP contribution in [0.4, 0.5) is 0 Å². The second kappa shape index (κ2) is 21.0. The molecule has 0 unspecified atom stereocenters. The van der Waals surface area contributed by atoms with Gasteiger partial charge >= 0.3 is 23.9 Å². The summed E-state index contributed by atoms with van der Waals surface area (Å²) in [6, 6.07) is 0. The van der Waals surface area contributed by atoms with Crippen LogP contribution in [0.3, 0.4) is 0 Å². The van der Waals surface area contributed by atoms with Crippen LogP contribution in [-0.2, 0) is 23.9 Å². The zero-order valence-corrected chi connectivity index (χ0v) is 14.6. The molecular formula is C18H26O7. The van der Waals surface area contributed by atoms with Gasteiger partial charge in [-0.1, -0.05) is 38.8 Å². The first kappa shape index (κ1) is 26.9. The van der Waals surface area contributed by atoms with E-state index >= 15 is 0 Å². The van der Waals surface area contributed by atoms with E-state index in [4.69, 9.17) is 10.2 Å². The largest absolute Gasteiger partial charge is 0.478 e. The molecule has 0 amide bonds. The van der Waals surface area contributed by atoms with Gasteiger partial charge in [0.25, 0.3) is 0 Å². The van der Waals surface area contributed by atoms with Gasteiger partial charge in [0.15, 0.2) is 0 Å². The first-order chi connectivity index (χ1) is 11.7. The molecule has 0 bridgehead atoms. The van der Waals surface area contributed by atoms with E-state index in [1.165, 1.54) is 19.3 Å². The molecule has 0 fully saturated rings. The Hall–Kier alpha value is -2.96. The van der Waals surface area contributed by atoms with Crippen LogP contribution in [0.15, 0.2) is 49.6 Å². The van der Waals surface area contributed by atoms with Crippen LogP contribution in [-0.4, -0.2) is 34.1 Å². The molecule has 0 saturated heterocycles. The van der Waals surface area contributed by atoms with Crippen molar-refractivity contribution in [2.24, 2.45) is 0 Å². The van der Waals surface area contributed by atoms with Crippen molar-refractivity contribution in [1.29, 1.82) is 0 Å². The summed E-state index contributed by atoms with van der Waals surface area (Å²) in [5.41, 5.74) is 0. The second-order valence-electron chi connectivity index (χ2n) is 4.21. The number of esters is 2. The van der Waals surface area contributed by atoms with Crippen LogP contribution >= 0.6 is 0 Å². The van der Waals surface area contributed by atoms with Crippen molar-refractivity contribution in [2.45, 2.75) is 39.5 Å². The monoisotopic (exact) mass is 354 g/mol. The fourth-order valence-electron chi connectivity index (χ4n) is 0.794. The third kappa shape index (κ3) is 33.7. The smallest absolute Gasteiger partial charge is 0.338 e. The Morgan fingerprint density at radius 2 is 1.24 bits per heavy atom. The van der Waals surface area contributed by atoms with E-state index in [1.807, 2.05) is 12.2 Å². The molecule has 0 aliphatic carbocycles. The summed E-state index contributed by atoms with van der Waals surface area (Å²) in [6.45, 7) is 11.3. The Morgan fingerprint density at radius 3 is 1.44 bits per heavy atom. The van der Waals surface area contributed by atoms with Crippen LogP contribution < -0.4 is 0 Å². The lowest BCUT2D eigenvalue weighted by molar-refractivity contribution is -0.153. The zero-order chi connectivity index (χ0) is 20.1. The standard InChI is InChI=1S/C8H6O7.C6H12.C4H8/c9-5(10)1-3-7(13)15-8(14)4-2-6(11)12;1-3-5-6-4-2;1-3-4-2/h1-4H,(H,9,10)(H,11,12);3H,1,4-6H2,2H3;3H,1,4H2,2H3/b3-1-,4-2-;;. The van der Waals surface area contributed by atoms with Crippen molar-refractivity contribution in [1.82, 2.24) is 0 Å². The number of rotatable bonds is 8. The van der Waals surface area contributed by atoms with Gasteiger partial charge in [-0.05, 0) is 12.8 Å². The summed E-state index contributed by atoms with van der Waals surface area (Å²) in [6.07, 6.45) is 10.7. The van der Waals surface area contributed by atoms with E-state index in [0.29, 0.717) is 24.3 Å². The Kier molecular flexibility index (Phi) is 22.7. The number of aliphatic carboxylic acids is 2. The molecule has 0 aromatic carbocycles. The van der Waals surface area contributed by atoms with Crippen molar-refractivity contribution < 1.29 is 34.1 Å². The van der Waals surface area contributed by atoms with Crippen molar-refractivity contribution in [3.8, 4) is 0 Å². The van der Waals surface area contributed by atoms with Gasteiger partial charge in [0.2, 0.25) is 0 Å². The minimum atomic E-state index is -1.37. The van der Waals surface area contributed by atoms with E-state index in [-0.39, 0.29) is 0 Å². The average molecular weight is 354 g/mol. The minimum absolute atomic E-state index is 0.483. The number of unbranched alkanes of at least 4 members (excludes halogenated alkanes) is 2. The molecule has 0 aromatic heterocycles. The maximum Gasteiger partial charge on any atom is 0.338 e. The Morgan fingerprint density at radius 1 is 0.840 bits per heavy atom. The van der Waals surface area contributed by atoms with Gasteiger partial charge in [0.1, 0.15) is 0 Å². The highest BCUT2D eigenvalue weighted by Crippen LogP contribution is 1.91. The molecule has 0 aliphatic heterocycles. The normalized spacial score (nSPS) is 9.20. The molecule has 0 spiro atoms. The zero-order valence-electron chi connectivity index (χ0n) is 14.6. The highest BCUT2D eigenvalue weighted by molar-refractivity contribution is 6.00. The number of carboxylic acid groups (broad SMARTS) is 2. The first-order valence-corrected chi connectivity index (χ1v) is 7.54. The number of carbonyl (C=O) groups excluding carboxylic acids is 2. The van der Waals surface area contributed by atoms with Crippen LogP contribution in [0, 0.1) is 0 Å². The van der Waals surface area contributed by atoms with Crippen LogP contribution in [0.25, 0.3) is 0 Å². The molecular weight excluding hydrogens is 328 g/mol. The predicted octanol–water partition coefficient (Wildman–Crippen LogP) is 3.28. The Labute approximate surface area is 148 Å². The van der Waals surface area contributed by atoms with Crippen LogP contribution in [0.2, 0.25) is 0 Å². The van der Waals surface area contributed by atoms with Gasteiger partial charge in [-0.15, -0.1) is 13.2 Å². The average Bonchev–Trinajstić information content (AvgIpc) is 2.57. The molecule has 25 heavy (non-hydrogen) atoms. The summed E-state index contributed by atoms with van der Waals surface area (Å²) in [7, 11) is 0. The lowest BCUT2D eigenvalue weighted by Gasteiger charge is -1.92. The third-order valence-electron chi connectivity index (χ3n) is 1.98. The second-order valence-corrected chi connectivity index (χ2v) is 4.21. The molecule has 7 heteroatoms. The van der Waals surface area contributed by atoms with Gasteiger partial charge < -0.3 is 14.9 Å². The number of ether oxygens (including phenoxy) is 1. The van der Waals surface area contributed by atoms with Gasteiger partial charge in [-0.2, -0.15) is 0 Å². The quantitative estimate of drug-likeness (QED) is 0.226. The molecule has 0 aromatic rings. The molecule has 7 nitrogen and oxygen atoms in total. The molecule has 140 valence electrons. The number of hydrogen-bond donors (Lipinski definition) is 2. The van der Waals surface area contributed by atoms with Crippen molar-refractivity contribution in [3.63, 3.8) is 0 Å². The van der Waals surface area contributed by atoms with E-state index in [2.05, 4.69) is 31.7 Å². The molecule has 0 radical (unpaired) electrons. The highest BCUT2D eigenvalue weighted by Gasteiger charge is 2.04. The lowest BCUT2D eigenvalue weighted by Crippen LogP contribution is -2.08. The number of allylic oxidation sites excluding steroid dienone is 2. The van der Waals surface area contributed by atoms with Gasteiger partial charge in [0.05, 0.1) is 0 Å². The topological polar surface area (TPSA) is 118 Å². The summed E-state index contributed by atoms with van der Waals surface area (Å²) in [5, 5.41) is 16.2. The van der Waals surface area contributed by atoms with Crippen LogP contribution in [0.5, 0.6) is 0 Å². The van der Waals surface area contributed by atoms with Crippen molar-refractivity contribution >= 4 is 23.9 Å². The molecule has 0 rings (SSSR count). The van der Waals surface area contributed by atoms with E-state index in [0.717, 1.165) is 6.42 Å². The number of carboxylic acids is 2. The predicted molar refractivity (Wildman–Crippen MR) is 94.9 cm³/mol. The Balaban J connectivity index is -0.000000397. The Bertz CT molecular complexity index is 454. The molecule has 0 heterocycles. The van der Waals surface area contributed by atoms with E-state index in [1.54, 1.807) is 0 Å². The molecule has 0 aliphatic rings.